The minimum atomic E-state index is 0.693. The second-order valence-electron chi connectivity index (χ2n) is 4.70. The molecular weight excluding hydrogens is 309 g/mol. The predicted molar refractivity (Wildman–Crippen MR) is 78.9 cm³/mol. The Labute approximate surface area is 112 Å². The van der Waals surface area contributed by atoms with E-state index in [0.717, 1.165) is 0 Å². The number of anilines is 1. The molecule has 1 aliphatic carbocycles. The third-order valence-electron chi connectivity index (χ3n) is 3.30. The van der Waals surface area contributed by atoms with E-state index in [0.29, 0.717) is 6.04 Å². The minimum Gasteiger partial charge on any atom is -0.382 e. The van der Waals surface area contributed by atoms with Crippen LogP contribution in [0.5, 0.6) is 0 Å². The fourth-order valence-electron chi connectivity index (χ4n) is 2.41. The zero-order chi connectivity index (χ0) is 11.2. The fraction of sp³-hybridized carbons (Fsp3) is 0.571. The van der Waals surface area contributed by atoms with Crippen LogP contribution in [-0.2, 0) is 0 Å². The van der Waals surface area contributed by atoms with Gasteiger partial charge in [0.1, 0.15) is 0 Å². The van der Waals surface area contributed by atoms with Crippen LogP contribution in [-0.4, -0.2) is 6.04 Å². The molecule has 0 aromatic heterocycles. The van der Waals surface area contributed by atoms with E-state index in [-0.39, 0.29) is 0 Å². The molecule has 0 spiro atoms. The Morgan fingerprint density at radius 3 is 2.38 bits per heavy atom. The molecule has 0 bridgehead atoms. The third-order valence-corrected chi connectivity index (χ3v) is 3.97. The third kappa shape index (κ3) is 3.96. The number of rotatable bonds is 2. The minimum absolute atomic E-state index is 0.693. The Bertz CT molecular complexity index is 316. The summed E-state index contributed by atoms with van der Waals surface area (Å²) >= 11 is 2.37. The highest BCUT2D eigenvalue weighted by Crippen LogP contribution is 2.21. The van der Waals surface area contributed by atoms with E-state index in [2.05, 4.69) is 52.2 Å². The van der Waals surface area contributed by atoms with Gasteiger partial charge in [0.15, 0.2) is 0 Å². The normalized spacial score (nSPS) is 18.8. The average molecular weight is 329 g/mol. The van der Waals surface area contributed by atoms with E-state index in [1.165, 1.54) is 54.2 Å². The maximum atomic E-state index is 3.68. The van der Waals surface area contributed by atoms with E-state index in [4.69, 9.17) is 0 Å². The molecule has 0 unspecified atom stereocenters. The van der Waals surface area contributed by atoms with Crippen molar-refractivity contribution in [3.05, 3.63) is 27.8 Å². The van der Waals surface area contributed by atoms with Crippen molar-refractivity contribution in [1.82, 2.24) is 0 Å². The zero-order valence-electron chi connectivity index (χ0n) is 9.71. The first-order valence-electron chi connectivity index (χ1n) is 6.37. The Morgan fingerprint density at radius 2 is 1.69 bits per heavy atom. The van der Waals surface area contributed by atoms with Gasteiger partial charge in [0, 0.05) is 15.3 Å². The highest BCUT2D eigenvalue weighted by molar-refractivity contribution is 14.1. The predicted octanol–water partition coefficient (Wildman–Crippen LogP) is 4.82. The zero-order valence-corrected chi connectivity index (χ0v) is 11.9. The van der Waals surface area contributed by atoms with E-state index >= 15 is 0 Å². The lowest BCUT2D eigenvalue weighted by Gasteiger charge is -2.22. The standard InChI is InChI=1S/C14H20IN/c15-12-7-6-10-14(11-12)16-13-8-4-2-1-3-5-9-13/h6-7,10-11,13,16H,1-5,8-9H2. The smallest absolute Gasteiger partial charge is 0.0352 e. The van der Waals surface area contributed by atoms with Gasteiger partial charge in [-0.05, 0) is 53.6 Å². The molecule has 0 heterocycles. The quantitative estimate of drug-likeness (QED) is 0.768. The molecule has 0 amide bonds. The van der Waals surface area contributed by atoms with E-state index in [1.807, 2.05) is 0 Å². The molecule has 2 heteroatoms. The van der Waals surface area contributed by atoms with Crippen molar-refractivity contribution < 1.29 is 0 Å². The number of halogens is 1. The Morgan fingerprint density at radius 1 is 1.00 bits per heavy atom. The fourth-order valence-corrected chi connectivity index (χ4v) is 2.96. The molecule has 16 heavy (non-hydrogen) atoms. The van der Waals surface area contributed by atoms with Crippen LogP contribution < -0.4 is 5.32 Å². The summed E-state index contributed by atoms with van der Waals surface area (Å²) < 4.78 is 1.31. The summed E-state index contributed by atoms with van der Waals surface area (Å²) in [6.45, 7) is 0. The number of benzene rings is 1. The highest BCUT2D eigenvalue weighted by atomic mass is 127. The second kappa shape index (κ2) is 6.48. The van der Waals surface area contributed by atoms with Gasteiger partial charge in [-0.15, -0.1) is 0 Å². The van der Waals surface area contributed by atoms with Gasteiger partial charge in [0.05, 0.1) is 0 Å². The van der Waals surface area contributed by atoms with Crippen LogP contribution in [0.1, 0.15) is 44.9 Å². The maximum Gasteiger partial charge on any atom is 0.0352 e. The van der Waals surface area contributed by atoms with Crippen molar-refractivity contribution in [3.8, 4) is 0 Å². The molecule has 88 valence electrons. The number of hydrogen-bond acceptors (Lipinski definition) is 1. The summed E-state index contributed by atoms with van der Waals surface area (Å²) in [7, 11) is 0. The largest absolute Gasteiger partial charge is 0.382 e. The molecular formula is C14H20IN. The first kappa shape index (κ1) is 12.2. The maximum absolute atomic E-state index is 3.68. The van der Waals surface area contributed by atoms with Crippen LogP contribution in [0.4, 0.5) is 5.69 Å². The van der Waals surface area contributed by atoms with Gasteiger partial charge in [0.25, 0.3) is 0 Å². The molecule has 0 saturated heterocycles. The molecule has 1 nitrogen and oxygen atoms in total. The monoisotopic (exact) mass is 329 g/mol. The molecule has 1 aromatic carbocycles. The van der Waals surface area contributed by atoms with Gasteiger partial charge in [-0.1, -0.05) is 38.2 Å². The lowest BCUT2D eigenvalue weighted by molar-refractivity contribution is 0.471. The summed E-state index contributed by atoms with van der Waals surface area (Å²) in [6, 6.07) is 9.38. The van der Waals surface area contributed by atoms with Crippen LogP contribution >= 0.6 is 22.6 Å². The summed E-state index contributed by atoms with van der Waals surface area (Å²) in [4.78, 5) is 0. The van der Waals surface area contributed by atoms with Crippen LogP contribution in [0.3, 0.4) is 0 Å². The Hall–Kier alpha value is -0.250. The highest BCUT2D eigenvalue weighted by Gasteiger charge is 2.10. The van der Waals surface area contributed by atoms with Crippen LogP contribution in [0, 0.1) is 3.57 Å². The molecule has 0 radical (unpaired) electrons. The van der Waals surface area contributed by atoms with Gasteiger partial charge in [0.2, 0.25) is 0 Å². The Balaban J connectivity index is 1.91. The van der Waals surface area contributed by atoms with Gasteiger partial charge in [-0.25, -0.2) is 0 Å². The van der Waals surface area contributed by atoms with Crippen molar-refractivity contribution in [3.63, 3.8) is 0 Å². The summed E-state index contributed by atoms with van der Waals surface area (Å²) in [5.74, 6) is 0. The van der Waals surface area contributed by atoms with Crippen LogP contribution in [0.15, 0.2) is 24.3 Å². The van der Waals surface area contributed by atoms with Crippen molar-refractivity contribution in [2.45, 2.75) is 51.0 Å². The van der Waals surface area contributed by atoms with Crippen molar-refractivity contribution in [2.24, 2.45) is 0 Å². The molecule has 0 atom stereocenters. The first-order valence-corrected chi connectivity index (χ1v) is 7.44. The van der Waals surface area contributed by atoms with Gasteiger partial charge in [-0.2, -0.15) is 0 Å². The first-order chi connectivity index (χ1) is 7.84. The molecule has 0 aliphatic heterocycles. The number of nitrogens with one attached hydrogen (secondary N) is 1. The van der Waals surface area contributed by atoms with Crippen LogP contribution in [0.25, 0.3) is 0 Å². The van der Waals surface area contributed by atoms with Gasteiger partial charge >= 0.3 is 0 Å². The SMILES string of the molecule is Ic1cccc(NC2CCCCCCC2)c1. The van der Waals surface area contributed by atoms with Crippen LogP contribution in [0.2, 0.25) is 0 Å². The van der Waals surface area contributed by atoms with Crippen molar-refractivity contribution >= 4 is 28.3 Å². The van der Waals surface area contributed by atoms with Gasteiger partial charge < -0.3 is 5.32 Å². The molecule has 1 aromatic rings. The summed E-state index contributed by atoms with van der Waals surface area (Å²) in [6.07, 6.45) is 9.74. The van der Waals surface area contributed by atoms with E-state index < -0.39 is 0 Å². The molecule has 1 saturated carbocycles. The molecule has 1 fully saturated rings. The van der Waals surface area contributed by atoms with E-state index in [9.17, 15) is 0 Å². The average Bonchev–Trinajstić information content (AvgIpc) is 2.22. The van der Waals surface area contributed by atoms with Crippen molar-refractivity contribution in [2.75, 3.05) is 5.32 Å². The number of hydrogen-bond donors (Lipinski definition) is 1. The lowest BCUT2D eigenvalue weighted by Crippen LogP contribution is -2.20. The topological polar surface area (TPSA) is 12.0 Å². The molecule has 1 aliphatic rings. The summed E-state index contributed by atoms with van der Waals surface area (Å²) in [5, 5.41) is 3.68. The van der Waals surface area contributed by atoms with Crippen molar-refractivity contribution in [1.29, 1.82) is 0 Å². The van der Waals surface area contributed by atoms with E-state index in [1.54, 1.807) is 0 Å². The van der Waals surface area contributed by atoms with Gasteiger partial charge in [-0.3, -0.25) is 0 Å². The Kier molecular flexibility index (Phi) is 4.94. The molecule has 1 N–H and O–H groups in total. The summed E-state index contributed by atoms with van der Waals surface area (Å²) in [5.41, 5.74) is 1.29. The second-order valence-corrected chi connectivity index (χ2v) is 5.94. The molecule has 2 rings (SSSR count). The lowest BCUT2D eigenvalue weighted by atomic mass is 9.96.